The second kappa shape index (κ2) is 8.74. The molecule has 0 unspecified atom stereocenters. The zero-order valence-corrected chi connectivity index (χ0v) is 17.0. The van der Waals surface area contributed by atoms with Crippen LogP contribution in [0.4, 0.5) is 0 Å². The van der Waals surface area contributed by atoms with Crippen LogP contribution < -0.4 is 4.74 Å². The van der Waals surface area contributed by atoms with Gasteiger partial charge in [0, 0.05) is 9.64 Å². The number of rotatable bonds is 7. The molecule has 0 aliphatic heterocycles. The van der Waals surface area contributed by atoms with Crippen molar-refractivity contribution in [1.29, 1.82) is 0 Å². The lowest BCUT2D eigenvalue weighted by Crippen LogP contribution is -2.44. The first-order valence-electron chi connectivity index (χ1n) is 8.98. The van der Waals surface area contributed by atoms with E-state index in [9.17, 15) is 9.90 Å². The molecule has 1 N–H and O–H groups in total. The van der Waals surface area contributed by atoms with Gasteiger partial charge in [-0.25, -0.2) is 0 Å². The summed E-state index contributed by atoms with van der Waals surface area (Å²) in [6.07, 6.45) is -0.0936. The van der Waals surface area contributed by atoms with Gasteiger partial charge in [0.15, 0.2) is 0 Å². The molecule has 0 aliphatic carbocycles. The van der Waals surface area contributed by atoms with Crippen molar-refractivity contribution in [1.82, 2.24) is 0 Å². The highest BCUT2D eigenvalue weighted by Gasteiger charge is 2.39. The SMILES string of the molecule is CC[C@](C)(Sc1ccccc1)[C@@H](O)[C@@H](C)C(=O)Oc1c(C)cccc1C. The molecular formula is C22H28O3S. The zero-order chi connectivity index (χ0) is 19.3. The minimum Gasteiger partial charge on any atom is -0.426 e. The fraction of sp³-hybridized carbons (Fsp3) is 0.409. The molecule has 0 aromatic heterocycles. The maximum atomic E-state index is 12.7. The van der Waals surface area contributed by atoms with E-state index in [0.717, 1.165) is 22.4 Å². The van der Waals surface area contributed by atoms with Crippen LogP contribution in [0.25, 0.3) is 0 Å². The number of aryl methyl sites for hydroxylation is 2. The standard InChI is InChI=1S/C22H28O3S/c1-6-22(5,26-18-13-8-7-9-14-18)20(23)17(4)21(24)25-19-15(2)11-10-12-16(19)3/h7-14,17,20,23H,6H2,1-5H3/t17-,20+,22+/m1/s1. The van der Waals surface area contributed by atoms with Crippen molar-refractivity contribution in [3.8, 4) is 5.75 Å². The summed E-state index contributed by atoms with van der Waals surface area (Å²) in [4.78, 5) is 13.8. The summed E-state index contributed by atoms with van der Waals surface area (Å²) in [6, 6.07) is 15.7. The molecule has 140 valence electrons. The van der Waals surface area contributed by atoms with Gasteiger partial charge in [-0.05, 0) is 57.4 Å². The minimum atomic E-state index is -0.825. The zero-order valence-electron chi connectivity index (χ0n) is 16.2. The number of aliphatic hydroxyl groups is 1. The molecule has 0 spiro atoms. The molecular weight excluding hydrogens is 344 g/mol. The predicted molar refractivity (Wildman–Crippen MR) is 108 cm³/mol. The maximum absolute atomic E-state index is 12.7. The van der Waals surface area contributed by atoms with Crippen molar-refractivity contribution in [2.24, 2.45) is 5.92 Å². The van der Waals surface area contributed by atoms with Gasteiger partial charge in [0.25, 0.3) is 0 Å². The molecule has 2 rings (SSSR count). The van der Waals surface area contributed by atoms with Crippen LogP contribution in [0.3, 0.4) is 0 Å². The number of benzene rings is 2. The van der Waals surface area contributed by atoms with Crippen LogP contribution in [-0.4, -0.2) is 21.9 Å². The molecule has 0 saturated carbocycles. The second-order valence-electron chi connectivity index (χ2n) is 6.96. The first-order valence-corrected chi connectivity index (χ1v) is 9.80. The molecule has 2 aromatic rings. The van der Waals surface area contributed by atoms with Gasteiger partial charge in [0.2, 0.25) is 0 Å². The van der Waals surface area contributed by atoms with Crippen LogP contribution in [0, 0.1) is 19.8 Å². The van der Waals surface area contributed by atoms with E-state index in [0.29, 0.717) is 5.75 Å². The van der Waals surface area contributed by atoms with Crippen LogP contribution in [-0.2, 0) is 4.79 Å². The van der Waals surface area contributed by atoms with Gasteiger partial charge in [-0.1, -0.05) is 43.3 Å². The van der Waals surface area contributed by atoms with Crippen molar-refractivity contribution in [3.63, 3.8) is 0 Å². The molecule has 3 atom stereocenters. The topological polar surface area (TPSA) is 46.5 Å². The Hall–Kier alpha value is -1.78. The molecule has 0 fully saturated rings. The highest BCUT2D eigenvalue weighted by molar-refractivity contribution is 8.00. The van der Waals surface area contributed by atoms with Gasteiger partial charge in [-0.3, -0.25) is 4.79 Å². The van der Waals surface area contributed by atoms with Crippen LogP contribution in [0.2, 0.25) is 0 Å². The van der Waals surface area contributed by atoms with E-state index in [1.807, 2.05) is 76.2 Å². The summed E-state index contributed by atoms with van der Waals surface area (Å²) in [5.41, 5.74) is 1.83. The normalized spacial score (nSPS) is 15.8. The Morgan fingerprint density at radius 2 is 1.69 bits per heavy atom. The first kappa shape index (κ1) is 20.5. The number of hydrogen-bond donors (Lipinski definition) is 1. The van der Waals surface area contributed by atoms with Crippen LogP contribution in [0.5, 0.6) is 5.75 Å². The fourth-order valence-electron chi connectivity index (χ4n) is 2.91. The molecule has 0 aliphatic rings. The lowest BCUT2D eigenvalue weighted by Gasteiger charge is -2.35. The summed E-state index contributed by atoms with van der Waals surface area (Å²) in [5.74, 6) is -0.441. The minimum absolute atomic E-state index is 0.400. The smallest absolute Gasteiger partial charge is 0.316 e. The highest BCUT2D eigenvalue weighted by Crippen LogP contribution is 2.40. The maximum Gasteiger partial charge on any atom is 0.316 e. The summed E-state index contributed by atoms with van der Waals surface area (Å²) in [6.45, 7) is 9.59. The Morgan fingerprint density at radius 3 is 2.23 bits per heavy atom. The Morgan fingerprint density at radius 1 is 1.12 bits per heavy atom. The third kappa shape index (κ3) is 4.68. The van der Waals surface area contributed by atoms with Gasteiger partial charge >= 0.3 is 5.97 Å². The third-order valence-corrected chi connectivity index (χ3v) is 6.38. The van der Waals surface area contributed by atoms with Crippen LogP contribution in [0.15, 0.2) is 53.4 Å². The lowest BCUT2D eigenvalue weighted by molar-refractivity contribution is -0.142. The predicted octanol–water partition coefficient (Wildman–Crippen LogP) is 5.17. The quantitative estimate of drug-likeness (QED) is 0.414. The Balaban J connectivity index is 2.15. The van der Waals surface area contributed by atoms with Crippen LogP contribution in [0.1, 0.15) is 38.3 Å². The van der Waals surface area contributed by atoms with E-state index in [1.165, 1.54) is 0 Å². The number of hydrogen-bond acceptors (Lipinski definition) is 4. The van der Waals surface area contributed by atoms with Crippen molar-refractivity contribution >= 4 is 17.7 Å². The van der Waals surface area contributed by atoms with E-state index in [1.54, 1.807) is 18.7 Å². The average molecular weight is 373 g/mol. The fourth-order valence-corrected chi connectivity index (χ4v) is 4.21. The lowest BCUT2D eigenvalue weighted by atomic mass is 9.90. The Kier molecular flexibility index (Phi) is 6.90. The van der Waals surface area contributed by atoms with E-state index in [4.69, 9.17) is 4.74 Å². The highest BCUT2D eigenvalue weighted by atomic mass is 32.2. The Labute approximate surface area is 160 Å². The number of ether oxygens (including phenoxy) is 1. The van der Waals surface area contributed by atoms with Gasteiger partial charge in [-0.2, -0.15) is 0 Å². The molecule has 2 aromatic carbocycles. The van der Waals surface area contributed by atoms with Crippen molar-refractivity contribution in [3.05, 3.63) is 59.7 Å². The number of thioether (sulfide) groups is 1. The van der Waals surface area contributed by atoms with Gasteiger partial charge < -0.3 is 9.84 Å². The number of carbonyl (C=O) groups is 1. The number of aliphatic hydroxyl groups excluding tert-OH is 1. The molecule has 0 saturated heterocycles. The van der Waals surface area contributed by atoms with Gasteiger partial charge in [0.05, 0.1) is 12.0 Å². The summed E-state index contributed by atoms with van der Waals surface area (Å²) >= 11 is 1.60. The van der Waals surface area contributed by atoms with Crippen LogP contribution >= 0.6 is 11.8 Å². The molecule has 3 nitrogen and oxygen atoms in total. The molecule has 0 bridgehead atoms. The molecule has 0 amide bonds. The van der Waals surface area contributed by atoms with Crippen molar-refractivity contribution < 1.29 is 14.6 Å². The van der Waals surface area contributed by atoms with Crippen molar-refractivity contribution in [2.45, 2.75) is 56.8 Å². The van der Waals surface area contributed by atoms with E-state index in [-0.39, 0.29) is 0 Å². The number of carbonyl (C=O) groups excluding carboxylic acids is 1. The third-order valence-electron chi connectivity index (χ3n) is 4.88. The molecule has 0 radical (unpaired) electrons. The summed E-state index contributed by atoms with van der Waals surface area (Å²) in [5, 5.41) is 11.0. The monoisotopic (exact) mass is 372 g/mol. The molecule has 0 heterocycles. The largest absolute Gasteiger partial charge is 0.426 e. The van der Waals surface area contributed by atoms with E-state index < -0.39 is 22.7 Å². The van der Waals surface area contributed by atoms with E-state index in [2.05, 4.69) is 0 Å². The molecule has 26 heavy (non-hydrogen) atoms. The summed E-state index contributed by atoms with van der Waals surface area (Å²) < 4.78 is 5.16. The van der Waals surface area contributed by atoms with E-state index >= 15 is 0 Å². The van der Waals surface area contributed by atoms with Crippen molar-refractivity contribution in [2.75, 3.05) is 0 Å². The van der Waals surface area contributed by atoms with Gasteiger partial charge in [-0.15, -0.1) is 11.8 Å². The first-order chi connectivity index (χ1) is 12.3. The Bertz CT molecular complexity index is 724. The summed E-state index contributed by atoms with van der Waals surface area (Å²) in [7, 11) is 0. The molecule has 4 heteroatoms. The average Bonchev–Trinajstić information content (AvgIpc) is 2.64. The second-order valence-corrected chi connectivity index (χ2v) is 8.57. The number of esters is 1. The number of para-hydroxylation sites is 1. The van der Waals surface area contributed by atoms with Gasteiger partial charge in [0.1, 0.15) is 5.75 Å².